The number of ether oxygens (including phenoxy) is 2. The molecule has 0 saturated carbocycles. The third kappa shape index (κ3) is 1.82. The van der Waals surface area contributed by atoms with Gasteiger partial charge in [0.1, 0.15) is 12.4 Å². The van der Waals surface area contributed by atoms with Crippen LogP contribution in [-0.2, 0) is 20.9 Å². The molecule has 1 aliphatic heterocycles. The van der Waals surface area contributed by atoms with E-state index in [1.54, 1.807) is 18.2 Å². The second kappa shape index (κ2) is 5.10. The molecular weight excluding hydrogens is 284 g/mol. The molecule has 1 N–H and O–H groups in total. The first-order valence-corrected chi connectivity index (χ1v) is 6.97. The number of fused-ring (bicyclic) bond motifs is 1. The molecule has 2 aliphatic rings. The van der Waals surface area contributed by atoms with Crippen molar-refractivity contribution in [1.29, 1.82) is 0 Å². The Labute approximate surface area is 127 Å². The standard InChI is InChI=1S/C17H16O5/c1-10(18)17(21-2)14(19)8-7-13-15(20)12-6-4-3-5-11(12)9-22-16(13)17/h3-6,8,19H,7,9H2,1-2H3. The molecule has 1 aromatic rings. The largest absolute Gasteiger partial charge is 0.509 e. The van der Waals surface area contributed by atoms with E-state index in [9.17, 15) is 14.7 Å². The van der Waals surface area contributed by atoms with Gasteiger partial charge in [-0.25, -0.2) is 0 Å². The number of aliphatic hydroxyl groups excluding tert-OH is 1. The van der Waals surface area contributed by atoms with Crippen molar-refractivity contribution in [2.75, 3.05) is 7.11 Å². The SMILES string of the molecule is COC1(C(C)=O)C(O)=CCC2=C1OCc1ccccc1C2=O. The number of aliphatic hydroxyl groups is 1. The maximum absolute atomic E-state index is 12.8. The Balaban J connectivity index is 2.20. The van der Waals surface area contributed by atoms with Gasteiger partial charge in [0, 0.05) is 30.2 Å². The van der Waals surface area contributed by atoms with Gasteiger partial charge < -0.3 is 14.6 Å². The van der Waals surface area contributed by atoms with Crippen LogP contribution in [0.25, 0.3) is 0 Å². The molecular formula is C17H16O5. The van der Waals surface area contributed by atoms with Crippen LogP contribution in [0.5, 0.6) is 0 Å². The lowest BCUT2D eigenvalue weighted by atomic mass is 9.83. The molecule has 0 aromatic heterocycles. The summed E-state index contributed by atoms with van der Waals surface area (Å²) in [6, 6.07) is 7.15. The Morgan fingerprint density at radius 1 is 1.36 bits per heavy atom. The van der Waals surface area contributed by atoms with Gasteiger partial charge in [-0.1, -0.05) is 24.3 Å². The Morgan fingerprint density at radius 2 is 2.09 bits per heavy atom. The average molecular weight is 300 g/mol. The minimum Gasteiger partial charge on any atom is -0.509 e. The zero-order valence-electron chi connectivity index (χ0n) is 12.4. The minimum absolute atomic E-state index is 0.101. The van der Waals surface area contributed by atoms with Gasteiger partial charge in [-0.3, -0.25) is 9.59 Å². The lowest BCUT2D eigenvalue weighted by Gasteiger charge is -2.34. The van der Waals surface area contributed by atoms with Gasteiger partial charge >= 0.3 is 0 Å². The van der Waals surface area contributed by atoms with Crippen LogP contribution >= 0.6 is 0 Å². The lowest BCUT2D eigenvalue weighted by Crippen LogP contribution is -2.46. The van der Waals surface area contributed by atoms with Crippen molar-refractivity contribution in [3.8, 4) is 0 Å². The van der Waals surface area contributed by atoms with Crippen molar-refractivity contribution in [2.45, 2.75) is 25.6 Å². The molecule has 114 valence electrons. The lowest BCUT2D eigenvalue weighted by molar-refractivity contribution is -0.138. The van der Waals surface area contributed by atoms with Crippen LogP contribution in [0, 0.1) is 0 Å². The summed E-state index contributed by atoms with van der Waals surface area (Å²) in [5.74, 6) is -0.770. The van der Waals surface area contributed by atoms with Crippen LogP contribution in [0.4, 0.5) is 0 Å². The molecule has 0 fully saturated rings. The molecule has 5 nitrogen and oxygen atoms in total. The fourth-order valence-electron chi connectivity index (χ4n) is 3.01. The molecule has 3 rings (SSSR count). The van der Waals surface area contributed by atoms with Crippen molar-refractivity contribution in [3.63, 3.8) is 0 Å². The Morgan fingerprint density at radius 3 is 2.77 bits per heavy atom. The summed E-state index contributed by atoms with van der Waals surface area (Å²) in [6.07, 6.45) is 1.63. The van der Waals surface area contributed by atoms with Crippen molar-refractivity contribution >= 4 is 11.6 Å². The minimum atomic E-state index is -1.73. The number of benzene rings is 1. The Hall–Kier alpha value is -2.40. The van der Waals surface area contributed by atoms with Gasteiger partial charge in [0.15, 0.2) is 17.3 Å². The maximum Gasteiger partial charge on any atom is 0.239 e. The van der Waals surface area contributed by atoms with Gasteiger partial charge in [0.2, 0.25) is 5.60 Å². The highest BCUT2D eigenvalue weighted by atomic mass is 16.6. The highest BCUT2D eigenvalue weighted by Crippen LogP contribution is 2.40. The van der Waals surface area contributed by atoms with Crippen LogP contribution in [0.1, 0.15) is 29.3 Å². The Bertz CT molecular complexity index is 728. The van der Waals surface area contributed by atoms with Crippen molar-refractivity contribution in [2.24, 2.45) is 0 Å². The molecule has 1 unspecified atom stereocenters. The van der Waals surface area contributed by atoms with Crippen LogP contribution in [0.2, 0.25) is 0 Å². The molecule has 5 heteroatoms. The molecule has 0 amide bonds. The van der Waals surface area contributed by atoms with E-state index in [1.165, 1.54) is 20.1 Å². The molecule has 1 aromatic carbocycles. The van der Waals surface area contributed by atoms with Gasteiger partial charge in [0.05, 0.1) is 0 Å². The van der Waals surface area contributed by atoms with Crippen LogP contribution in [0.15, 0.2) is 47.4 Å². The molecule has 0 bridgehead atoms. The van der Waals surface area contributed by atoms with E-state index in [4.69, 9.17) is 9.47 Å². The predicted molar refractivity (Wildman–Crippen MR) is 78.3 cm³/mol. The number of rotatable bonds is 2. The average Bonchev–Trinajstić information content (AvgIpc) is 2.65. The first-order valence-electron chi connectivity index (χ1n) is 6.97. The smallest absolute Gasteiger partial charge is 0.239 e. The van der Waals surface area contributed by atoms with Gasteiger partial charge in [-0.15, -0.1) is 0 Å². The molecule has 1 heterocycles. The first kappa shape index (κ1) is 14.5. The van der Waals surface area contributed by atoms with Crippen molar-refractivity contribution < 1.29 is 24.2 Å². The summed E-state index contributed by atoms with van der Waals surface area (Å²) in [5.41, 5.74) is -0.0868. The quantitative estimate of drug-likeness (QED) is 0.908. The highest BCUT2D eigenvalue weighted by molar-refractivity contribution is 6.12. The summed E-state index contributed by atoms with van der Waals surface area (Å²) in [6.45, 7) is 1.45. The number of ketones is 2. The number of carbonyl (C=O) groups excluding carboxylic acids is 2. The van der Waals surface area contributed by atoms with E-state index >= 15 is 0 Å². The first-order chi connectivity index (χ1) is 10.5. The summed E-state index contributed by atoms with van der Waals surface area (Å²) >= 11 is 0. The van der Waals surface area contributed by atoms with Gasteiger partial charge in [0.25, 0.3) is 0 Å². The van der Waals surface area contributed by atoms with Crippen LogP contribution in [-0.4, -0.2) is 29.4 Å². The second-order valence-corrected chi connectivity index (χ2v) is 5.32. The molecule has 1 atom stereocenters. The number of hydrogen-bond donors (Lipinski definition) is 1. The van der Waals surface area contributed by atoms with E-state index in [-0.39, 0.29) is 30.3 Å². The van der Waals surface area contributed by atoms with Gasteiger partial charge in [-0.05, 0) is 13.0 Å². The van der Waals surface area contributed by atoms with E-state index in [0.717, 1.165) is 5.56 Å². The van der Waals surface area contributed by atoms with E-state index < -0.39 is 11.4 Å². The monoisotopic (exact) mass is 300 g/mol. The predicted octanol–water partition coefficient (Wildman–Crippen LogP) is 2.47. The van der Waals surface area contributed by atoms with Gasteiger partial charge in [-0.2, -0.15) is 0 Å². The van der Waals surface area contributed by atoms with Crippen LogP contribution < -0.4 is 0 Å². The topological polar surface area (TPSA) is 72.8 Å². The summed E-state index contributed by atoms with van der Waals surface area (Å²) < 4.78 is 11.1. The summed E-state index contributed by atoms with van der Waals surface area (Å²) in [7, 11) is 1.31. The third-order valence-electron chi connectivity index (χ3n) is 4.16. The number of Topliss-reactive ketones (excluding diaryl/α,β-unsaturated/α-hetero) is 2. The Kier molecular flexibility index (Phi) is 3.37. The third-order valence-corrected chi connectivity index (χ3v) is 4.16. The summed E-state index contributed by atoms with van der Waals surface area (Å²) in [5, 5.41) is 10.2. The van der Waals surface area contributed by atoms with Crippen molar-refractivity contribution in [1.82, 2.24) is 0 Å². The van der Waals surface area contributed by atoms with Crippen molar-refractivity contribution in [3.05, 3.63) is 58.6 Å². The van der Waals surface area contributed by atoms with E-state index in [0.29, 0.717) is 11.1 Å². The van der Waals surface area contributed by atoms with Crippen LogP contribution in [0.3, 0.4) is 0 Å². The molecule has 1 aliphatic carbocycles. The second-order valence-electron chi connectivity index (χ2n) is 5.32. The fourth-order valence-corrected chi connectivity index (χ4v) is 3.01. The normalized spacial score (nSPS) is 23.9. The number of methoxy groups -OCH3 is 1. The zero-order valence-corrected chi connectivity index (χ0v) is 12.4. The zero-order chi connectivity index (χ0) is 15.9. The van der Waals surface area contributed by atoms with E-state index in [2.05, 4.69) is 0 Å². The highest BCUT2D eigenvalue weighted by Gasteiger charge is 2.51. The molecule has 0 spiro atoms. The number of allylic oxidation sites excluding steroid dienone is 2. The maximum atomic E-state index is 12.8. The summed E-state index contributed by atoms with van der Waals surface area (Å²) in [4.78, 5) is 24.9. The number of carbonyl (C=O) groups is 2. The molecule has 0 radical (unpaired) electrons. The fraction of sp³-hybridized carbons (Fsp3) is 0.294. The molecule has 0 saturated heterocycles. The van der Waals surface area contributed by atoms with E-state index in [1.807, 2.05) is 6.07 Å². The molecule has 22 heavy (non-hydrogen) atoms. The number of hydrogen-bond acceptors (Lipinski definition) is 5.